The Morgan fingerprint density at radius 2 is 2.04 bits per heavy atom. The number of nitrogens with zero attached hydrogens (tertiary/aromatic N) is 2. The third-order valence-corrected chi connectivity index (χ3v) is 3.89. The number of aliphatic carboxylic acids is 1. The first-order valence-corrected chi connectivity index (χ1v) is 7.81. The predicted molar refractivity (Wildman–Crippen MR) is 83.9 cm³/mol. The van der Waals surface area contributed by atoms with E-state index in [0.29, 0.717) is 5.70 Å². The number of carbonyl (C=O) groups excluding carboxylic acids is 1. The number of aliphatic imine (C=N–C) groups is 1. The molecule has 0 saturated heterocycles. The molecule has 1 aromatic carbocycles. The summed E-state index contributed by atoms with van der Waals surface area (Å²) in [7, 11) is -0.977. The van der Waals surface area contributed by atoms with Gasteiger partial charge >= 0.3 is 11.9 Å². The van der Waals surface area contributed by atoms with Crippen LogP contribution in [0.1, 0.15) is 12.0 Å². The number of nitrogens with two attached hydrogens (primary N) is 1. The first-order valence-electron chi connectivity index (χ1n) is 6.57. The van der Waals surface area contributed by atoms with Crippen LogP contribution in [0.5, 0.6) is 0 Å². The Balaban J connectivity index is 1.78. The molecule has 1 unspecified atom stereocenters. The number of esters is 1. The fourth-order valence-corrected chi connectivity index (χ4v) is 2.63. The number of amidine groups is 1. The Bertz CT molecular complexity index is 685. The zero-order valence-corrected chi connectivity index (χ0v) is 12.9. The summed E-state index contributed by atoms with van der Waals surface area (Å²) in [4.78, 5) is 30.9. The summed E-state index contributed by atoms with van der Waals surface area (Å²) in [5, 5.41) is 10.3. The number of carbonyl (C=O) groups is 2. The van der Waals surface area contributed by atoms with Crippen molar-refractivity contribution in [1.82, 2.24) is 0 Å². The summed E-state index contributed by atoms with van der Waals surface area (Å²) in [5.41, 5.74) is 6.81. The van der Waals surface area contributed by atoms with Crippen molar-refractivity contribution in [2.45, 2.75) is 13.0 Å². The lowest BCUT2D eigenvalue weighted by molar-refractivity contribution is -0.150. The largest absolute Gasteiger partial charge is 0.481 e. The maximum Gasteiger partial charge on any atom is 0.335 e. The average molecular weight is 337 g/mol. The highest BCUT2D eigenvalue weighted by Crippen LogP contribution is 2.14. The molecule has 0 fully saturated rings. The molecule has 0 amide bonds. The van der Waals surface area contributed by atoms with E-state index in [2.05, 4.69) is 9.52 Å². The van der Waals surface area contributed by atoms with Gasteiger partial charge in [-0.1, -0.05) is 34.9 Å². The molecule has 2 rings (SSSR count). The second-order valence-electron chi connectivity index (χ2n) is 4.44. The van der Waals surface area contributed by atoms with E-state index in [0.717, 1.165) is 5.56 Å². The summed E-state index contributed by atoms with van der Waals surface area (Å²) in [6.45, 7) is -0.202. The first-order chi connectivity index (χ1) is 11.0. The lowest BCUT2D eigenvalue weighted by atomic mass is 10.2. The van der Waals surface area contributed by atoms with Crippen molar-refractivity contribution in [3.63, 3.8) is 0 Å². The number of benzene rings is 1. The molecule has 1 aliphatic rings. The highest BCUT2D eigenvalue weighted by atomic mass is 32.2. The summed E-state index contributed by atoms with van der Waals surface area (Å²) in [6, 6.07) is 9.24. The van der Waals surface area contributed by atoms with E-state index >= 15 is 0 Å². The van der Waals surface area contributed by atoms with Gasteiger partial charge in [-0.05, 0) is 5.56 Å². The van der Waals surface area contributed by atoms with Crippen molar-refractivity contribution in [2.24, 2.45) is 15.3 Å². The minimum atomic E-state index is -1.01. The van der Waals surface area contributed by atoms with Crippen molar-refractivity contribution in [2.75, 3.05) is 6.61 Å². The van der Waals surface area contributed by atoms with Crippen LogP contribution in [0.3, 0.4) is 0 Å². The molecule has 1 aromatic rings. The lowest BCUT2D eigenvalue weighted by Crippen LogP contribution is -2.15. The molecule has 9 heteroatoms. The number of rotatable bonds is 7. The fourth-order valence-electron chi connectivity index (χ4n) is 1.62. The molecule has 8 nitrogen and oxygen atoms in total. The highest BCUT2D eigenvalue weighted by Gasteiger charge is 2.15. The molecule has 122 valence electrons. The van der Waals surface area contributed by atoms with Gasteiger partial charge in [0.15, 0.2) is 11.8 Å². The van der Waals surface area contributed by atoms with Gasteiger partial charge in [0.1, 0.15) is 6.61 Å². The van der Waals surface area contributed by atoms with Gasteiger partial charge < -0.3 is 15.6 Å². The number of carboxylic acid groups (broad SMARTS) is 1. The Hall–Kier alpha value is -2.52. The smallest absolute Gasteiger partial charge is 0.335 e. The third kappa shape index (κ3) is 5.64. The molecule has 0 saturated carbocycles. The molecule has 1 atom stereocenters. The van der Waals surface area contributed by atoms with Crippen molar-refractivity contribution < 1.29 is 24.3 Å². The molecule has 1 aliphatic heterocycles. The van der Waals surface area contributed by atoms with Gasteiger partial charge in [0.25, 0.3) is 0 Å². The zero-order valence-electron chi connectivity index (χ0n) is 12.0. The maximum absolute atomic E-state index is 11.5. The molecule has 0 radical (unpaired) electrons. The number of carboxylic acids is 1. The minimum Gasteiger partial charge on any atom is -0.481 e. The summed E-state index contributed by atoms with van der Waals surface area (Å²) in [5.74, 6) is -1.57. The predicted octanol–water partition coefficient (Wildman–Crippen LogP) is 1.11. The molecule has 1 heterocycles. The monoisotopic (exact) mass is 337 g/mol. The molecule has 3 N–H and O–H groups in total. The van der Waals surface area contributed by atoms with Crippen LogP contribution in [0, 0.1) is 0 Å². The van der Waals surface area contributed by atoms with Gasteiger partial charge in [0, 0.05) is 16.1 Å². The first kappa shape index (κ1) is 16.8. The average Bonchev–Trinajstić information content (AvgIpc) is 2.85. The zero-order chi connectivity index (χ0) is 16.7. The lowest BCUT2D eigenvalue weighted by Gasteiger charge is -2.03. The van der Waals surface area contributed by atoms with E-state index in [1.165, 1.54) is 5.41 Å². The normalized spacial score (nSPS) is 16.8. The van der Waals surface area contributed by atoms with E-state index in [-0.39, 0.29) is 24.8 Å². The second-order valence-corrected chi connectivity index (χ2v) is 5.87. The summed E-state index contributed by atoms with van der Waals surface area (Å²) >= 11 is 0. The van der Waals surface area contributed by atoms with Gasteiger partial charge in [0.05, 0.1) is 12.1 Å². The van der Waals surface area contributed by atoms with Crippen LogP contribution >= 0.6 is 0 Å². The van der Waals surface area contributed by atoms with E-state index in [1.807, 2.05) is 30.3 Å². The van der Waals surface area contributed by atoms with Crippen molar-refractivity contribution >= 4 is 27.8 Å². The SMILES string of the molecule is NC1=NC(CC(=O)O)=C/S1=N/OCC(=O)OCc1ccccc1. The summed E-state index contributed by atoms with van der Waals surface area (Å²) < 4.78 is 8.78. The van der Waals surface area contributed by atoms with E-state index in [1.54, 1.807) is 0 Å². The van der Waals surface area contributed by atoms with Crippen LogP contribution in [-0.4, -0.2) is 28.8 Å². The Morgan fingerprint density at radius 3 is 2.74 bits per heavy atom. The van der Waals surface area contributed by atoms with Crippen LogP contribution in [0.4, 0.5) is 0 Å². The van der Waals surface area contributed by atoms with Crippen molar-refractivity contribution in [1.29, 1.82) is 0 Å². The quantitative estimate of drug-likeness (QED) is 0.567. The van der Waals surface area contributed by atoms with Gasteiger partial charge in [-0.3, -0.25) is 4.79 Å². The van der Waals surface area contributed by atoms with Crippen LogP contribution in [0.25, 0.3) is 0 Å². The standard InChI is InChI=1S/C14H15N3O5S/c15-14-16-11(6-12(18)19)9-23(14)17-22-8-13(20)21-7-10-4-2-1-3-5-10/h1-5,9H,6-8H2,(H2,15,16)(H,18,19). The van der Waals surface area contributed by atoms with Crippen LogP contribution < -0.4 is 5.73 Å². The van der Waals surface area contributed by atoms with Gasteiger partial charge in [0.2, 0.25) is 0 Å². The fraction of sp³-hybridized carbons (Fsp3) is 0.214. The topological polar surface area (TPSA) is 124 Å². The van der Waals surface area contributed by atoms with E-state index in [4.69, 9.17) is 20.4 Å². The maximum atomic E-state index is 11.5. The Labute approximate surface area is 134 Å². The van der Waals surface area contributed by atoms with E-state index < -0.39 is 22.6 Å². The van der Waals surface area contributed by atoms with E-state index in [9.17, 15) is 9.59 Å². The molecule has 0 spiro atoms. The number of hydrogen-bond donors (Lipinski definition) is 2. The highest BCUT2D eigenvalue weighted by molar-refractivity contribution is 8.05. The summed E-state index contributed by atoms with van der Waals surface area (Å²) in [6.07, 6.45) is -0.237. The molecular weight excluding hydrogens is 322 g/mol. The van der Waals surface area contributed by atoms with Crippen LogP contribution in [0.15, 0.2) is 51.0 Å². The number of ether oxygens (including phenoxy) is 1. The Morgan fingerprint density at radius 1 is 1.30 bits per heavy atom. The van der Waals surface area contributed by atoms with Crippen LogP contribution in [-0.2, 0) is 36.5 Å². The second kappa shape index (κ2) is 8.20. The van der Waals surface area contributed by atoms with Crippen molar-refractivity contribution in [3.05, 3.63) is 47.0 Å². The molecule has 0 aliphatic carbocycles. The minimum absolute atomic E-state index is 0.152. The van der Waals surface area contributed by atoms with Gasteiger partial charge in [-0.2, -0.15) is 0 Å². The van der Waals surface area contributed by atoms with Gasteiger partial charge in [-0.15, -0.1) is 0 Å². The van der Waals surface area contributed by atoms with Gasteiger partial charge in [-0.25, -0.2) is 14.6 Å². The Kier molecular flexibility index (Phi) is 6.01. The third-order valence-electron chi connectivity index (χ3n) is 2.61. The molecule has 0 aromatic heterocycles. The molecule has 23 heavy (non-hydrogen) atoms. The molecule has 0 bridgehead atoms. The van der Waals surface area contributed by atoms with Crippen LogP contribution in [0.2, 0.25) is 0 Å². The number of hydrogen-bond acceptors (Lipinski definition) is 7. The van der Waals surface area contributed by atoms with Crippen molar-refractivity contribution in [3.8, 4) is 0 Å². The molecular formula is C14H15N3O5S.